The van der Waals surface area contributed by atoms with E-state index in [-0.39, 0.29) is 0 Å². The molecule has 0 atom stereocenters. The van der Waals surface area contributed by atoms with Crippen LogP contribution >= 0.6 is 38.4 Å². The van der Waals surface area contributed by atoms with Crippen LogP contribution < -0.4 is 0 Å². The second-order valence-corrected chi connectivity index (χ2v) is 11.5. The molecule has 0 nitrogen and oxygen atoms in total. The predicted molar refractivity (Wildman–Crippen MR) is 33.5 cm³/mol. The molecule has 0 N–H and O–H groups in total. The van der Waals surface area contributed by atoms with Crippen molar-refractivity contribution in [1.82, 2.24) is 0 Å². The first-order chi connectivity index (χ1) is 2.45. The van der Waals surface area contributed by atoms with Gasteiger partial charge >= 0.3 is 0 Å². The van der Waals surface area contributed by atoms with E-state index in [0.717, 1.165) is 3.91 Å². The summed E-state index contributed by atoms with van der Waals surface area (Å²) in [6.45, 7) is 0. The SMILES string of the molecule is S1C2SP1#S2. The lowest BCUT2D eigenvalue weighted by molar-refractivity contribution is 2.13. The Morgan fingerprint density at radius 3 is 1.60 bits per heavy atom. The lowest BCUT2D eigenvalue weighted by atomic mass is 11.9. The van der Waals surface area contributed by atoms with Crippen molar-refractivity contribution in [2.24, 2.45) is 0 Å². The molecule has 3 aliphatic heterocycles. The zero-order valence-corrected chi connectivity index (χ0v) is 5.59. The van der Waals surface area contributed by atoms with E-state index in [9.17, 15) is 0 Å². The molecule has 0 aromatic heterocycles. The van der Waals surface area contributed by atoms with E-state index >= 15 is 0 Å². The molecule has 1 fully saturated rings. The molecule has 0 aromatic rings. The standard InChI is InChI=1S/CHPS3/c3-1-4-2(3)5-1/h1H. The van der Waals surface area contributed by atoms with Gasteiger partial charge in [-0.2, -0.15) is 0 Å². The van der Waals surface area contributed by atoms with E-state index in [1.807, 2.05) is 0 Å². The maximum atomic E-state index is 2.15. The Labute approximate surface area is 42.6 Å². The highest BCUT2D eigenvalue weighted by Crippen LogP contribution is 2.81. The van der Waals surface area contributed by atoms with Gasteiger partial charge in [0.25, 0.3) is 0 Å². The second kappa shape index (κ2) is 0.890. The fraction of sp³-hybridized carbons (Fsp3) is 1.00. The van der Waals surface area contributed by atoms with E-state index in [4.69, 9.17) is 0 Å². The lowest BCUT2D eigenvalue weighted by Crippen LogP contribution is -1.91. The van der Waals surface area contributed by atoms with Gasteiger partial charge in [0.05, 0.1) is 0 Å². The van der Waals surface area contributed by atoms with Crippen LogP contribution in [0.3, 0.4) is 0 Å². The lowest BCUT2D eigenvalue weighted by Gasteiger charge is -2.29. The minimum atomic E-state index is 0.476. The Hall–Kier alpha value is 1.22. The molecule has 2 bridgehead atoms. The van der Waals surface area contributed by atoms with E-state index < -0.39 is 0 Å². The van der Waals surface area contributed by atoms with Crippen molar-refractivity contribution in [3.8, 4) is 0 Å². The predicted octanol–water partition coefficient (Wildman–Crippen LogP) is 2.72. The topological polar surface area (TPSA) is 0 Å². The van der Waals surface area contributed by atoms with Crippen molar-refractivity contribution in [3.63, 3.8) is 0 Å². The quantitative estimate of drug-likeness (QED) is 0.474. The molecule has 0 aliphatic carbocycles. The smallest absolute Gasteiger partial charge is 0.114 e. The van der Waals surface area contributed by atoms with Crippen molar-refractivity contribution in [2.45, 2.75) is 3.91 Å². The summed E-state index contributed by atoms with van der Waals surface area (Å²) in [6, 6.07) is 0. The van der Waals surface area contributed by atoms with Crippen molar-refractivity contribution in [1.29, 1.82) is 0 Å². The van der Waals surface area contributed by atoms with Gasteiger partial charge in [-0.1, -0.05) is 22.8 Å². The van der Waals surface area contributed by atoms with E-state index in [1.165, 1.54) is 0 Å². The van der Waals surface area contributed by atoms with Crippen LogP contribution in [0.15, 0.2) is 0 Å². The van der Waals surface area contributed by atoms with E-state index in [0.29, 0.717) is 4.90 Å². The zero-order chi connectivity index (χ0) is 3.28. The molecule has 28 valence electrons. The maximum absolute atomic E-state index is 2.15. The maximum Gasteiger partial charge on any atom is 0.135 e. The summed E-state index contributed by atoms with van der Waals surface area (Å²) in [5.74, 6) is 0. The largest absolute Gasteiger partial charge is 0.135 e. The first-order valence-corrected chi connectivity index (χ1v) is 7.05. The van der Waals surface area contributed by atoms with Gasteiger partial charge in [0.2, 0.25) is 0 Å². The Morgan fingerprint density at radius 2 is 1.60 bits per heavy atom. The molecule has 5 heavy (non-hydrogen) atoms. The third-order valence-corrected chi connectivity index (χ3v) is 13.9. The number of rotatable bonds is 0. The molecule has 3 aliphatic rings. The van der Waals surface area contributed by atoms with Gasteiger partial charge in [-0.3, -0.25) is 0 Å². The Morgan fingerprint density at radius 1 is 1.40 bits per heavy atom. The first kappa shape index (κ1) is 3.25. The van der Waals surface area contributed by atoms with E-state index in [1.54, 1.807) is 0 Å². The fourth-order valence-electron chi connectivity index (χ4n) is 0.235. The number of hydrogen-bond donors (Lipinski definition) is 0. The molecule has 0 aromatic carbocycles. The molecule has 0 amide bonds. The van der Waals surface area contributed by atoms with Crippen LogP contribution in [0.1, 0.15) is 0 Å². The zero-order valence-electron chi connectivity index (χ0n) is 2.25. The van der Waals surface area contributed by atoms with Crippen molar-refractivity contribution >= 4 is 38.4 Å². The van der Waals surface area contributed by atoms with Crippen molar-refractivity contribution in [3.05, 3.63) is 0 Å². The summed E-state index contributed by atoms with van der Waals surface area (Å²) < 4.78 is 0.987. The van der Waals surface area contributed by atoms with Crippen LogP contribution in [0, 0.1) is 0 Å². The van der Waals surface area contributed by atoms with Gasteiger partial charge < -0.3 is 0 Å². The monoisotopic (exact) mass is 140 g/mol. The van der Waals surface area contributed by atoms with Crippen LogP contribution in [-0.2, 0) is 0 Å². The molecule has 1 saturated heterocycles. The minimum Gasteiger partial charge on any atom is -0.114 e. The highest BCUT2D eigenvalue weighted by atomic mass is 33.2. The Balaban J connectivity index is 2.74. The van der Waals surface area contributed by atoms with Gasteiger partial charge in [-0.25, -0.2) is 0 Å². The Bertz CT molecular complexity index is 128. The summed E-state index contributed by atoms with van der Waals surface area (Å²) in [5.41, 5.74) is 0. The fourth-order valence-corrected chi connectivity index (χ4v) is 12.0. The van der Waals surface area contributed by atoms with Gasteiger partial charge in [0.1, 0.15) is 3.91 Å². The van der Waals surface area contributed by atoms with Crippen molar-refractivity contribution < 1.29 is 0 Å². The normalized spacial score (nSPS) is 48.8. The van der Waals surface area contributed by atoms with Gasteiger partial charge in [0.15, 0.2) is 0 Å². The van der Waals surface area contributed by atoms with Gasteiger partial charge in [-0.15, -0.1) is 10.7 Å². The molecule has 4 heteroatoms. The molecule has 0 spiro atoms. The van der Waals surface area contributed by atoms with Gasteiger partial charge in [-0.05, 0) is 0 Å². The molecule has 3 rings (SSSR count). The van der Waals surface area contributed by atoms with Crippen LogP contribution in [0.4, 0.5) is 0 Å². The Kier molecular flexibility index (Phi) is 0.579. The molecule has 0 unspecified atom stereocenters. The molecular weight excluding hydrogens is 139 g/mol. The van der Waals surface area contributed by atoms with Crippen molar-refractivity contribution in [2.75, 3.05) is 0 Å². The van der Waals surface area contributed by atoms with Gasteiger partial charge in [0, 0.05) is 4.90 Å². The number of hydrogen-bond acceptors (Lipinski definition) is 2. The average Bonchev–Trinajstić information content (AvgIpc) is 0.592. The van der Waals surface area contributed by atoms with Crippen LogP contribution in [-0.4, -0.2) is 3.91 Å². The highest BCUT2D eigenvalue weighted by Gasteiger charge is 2.31. The third-order valence-electron chi connectivity index (χ3n) is 0.516. The molecule has 3 heterocycles. The first-order valence-electron chi connectivity index (χ1n) is 1.25. The summed E-state index contributed by atoms with van der Waals surface area (Å²) in [4.78, 5) is 0.476. The summed E-state index contributed by atoms with van der Waals surface area (Å²) >= 11 is 4.30. The third kappa shape index (κ3) is 0.310. The van der Waals surface area contributed by atoms with Crippen LogP contribution in [0.5, 0.6) is 0 Å². The molecule has 0 saturated carbocycles. The van der Waals surface area contributed by atoms with Crippen LogP contribution in [0.2, 0.25) is 0 Å². The summed E-state index contributed by atoms with van der Waals surface area (Å²) in [7, 11) is 2.15. The highest BCUT2D eigenvalue weighted by molar-refractivity contribution is 9.11. The minimum absolute atomic E-state index is 0.476. The second-order valence-electron chi connectivity index (χ2n) is 0.829. The van der Waals surface area contributed by atoms with E-state index in [2.05, 4.69) is 33.5 Å². The summed E-state index contributed by atoms with van der Waals surface area (Å²) in [5, 5.41) is 0. The molecule has 0 radical (unpaired) electrons. The van der Waals surface area contributed by atoms with Crippen LogP contribution in [0.25, 0.3) is 0 Å². The average molecular weight is 140 g/mol. The molecular formula is CHPS3. The summed E-state index contributed by atoms with van der Waals surface area (Å²) in [6.07, 6.45) is 0.